The van der Waals surface area contributed by atoms with E-state index in [0.29, 0.717) is 29.5 Å². The third-order valence-electron chi connectivity index (χ3n) is 3.10. The Balaban J connectivity index is 1.94. The molecule has 2 aromatic carbocycles. The summed E-state index contributed by atoms with van der Waals surface area (Å²) in [5.74, 6) is 0.270. The largest absolute Gasteiger partial charge is 0.489 e. The lowest BCUT2D eigenvalue weighted by Crippen LogP contribution is -2.23. The van der Waals surface area contributed by atoms with Crippen molar-refractivity contribution in [3.63, 3.8) is 0 Å². The number of halogens is 1. The molecule has 0 aliphatic heterocycles. The number of hydrogen-bond donors (Lipinski definition) is 1. The van der Waals surface area contributed by atoms with E-state index in [1.54, 1.807) is 31.2 Å². The zero-order valence-corrected chi connectivity index (χ0v) is 13.0. The normalized spacial score (nSPS) is 11.8. The minimum absolute atomic E-state index is 0.314. The summed E-state index contributed by atoms with van der Waals surface area (Å²) in [6.45, 7) is 2.51. The predicted octanol–water partition coefficient (Wildman–Crippen LogP) is 3.48. The van der Waals surface area contributed by atoms with E-state index < -0.39 is 12.0 Å². The molecule has 1 unspecified atom stereocenters. The number of carbonyl (C=O) groups is 1. The van der Waals surface area contributed by atoms with Crippen LogP contribution in [0.15, 0.2) is 48.5 Å². The smallest absolute Gasteiger partial charge is 0.327 e. The molecule has 0 amide bonds. The molecule has 0 aliphatic rings. The molecular formula is C17H18ClNO3. The van der Waals surface area contributed by atoms with E-state index in [2.05, 4.69) is 0 Å². The molecule has 1 atom stereocenters. The van der Waals surface area contributed by atoms with Gasteiger partial charge in [-0.3, -0.25) is 0 Å². The van der Waals surface area contributed by atoms with Crippen LogP contribution in [0.2, 0.25) is 5.02 Å². The number of carbonyl (C=O) groups excluding carboxylic acids is 1. The SMILES string of the molecule is CCOC(=O)C(N)c1ccc(OCc2ccc(Cl)cc2)cc1. The van der Waals surface area contributed by atoms with Gasteiger partial charge in [0.2, 0.25) is 0 Å². The van der Waals surface area contributed by atoms with Crippen molar-refractivity contribution in [3.8, 4) is 5.75 Å². The number of hydrogen-bond acceptors (Lipinski definition) is 4. The van der Waals surface area contributed by atoms with Crippen LogP contribution >= 0.6 is 11.6 Å². The first-order valence-corrected chi connectivity index (χ1v) is 7.37. The summed E-state index contributed by atoms with van der Waals surface area (Å²) in [6, 6.07) is 13.8. The van der Waals surface area contributed by atoms with Crippen molar-refractivity contribution in [1.29, 1.82) is 0 Å². The van der Waals surface area contributed by atoms with Gasteiger partial charge in [0.1, 0.15) is 18.4 Å². The number of rotatable bonds is 6. The van der Waals surface area contributed by atoms with Gasteiger partial charge >= 0.3 is 5.97 Å². The molecule has 4 nitrogen and oxygen atoms in total. The Morgan fingerprint density at radius 1 is 1.14 bits per heavy atom. The van der Waals surface area contributed by atoms with Crippen LogP contribution in [-0.4, -0.2) is 12.6 Å². The number of benzene rings is 2. The highest BCUT2D eigenvalue weighted by atomic mass is 35.5. The molecule has 2 N–H and O–H groups in total. The highest BCUT2D eigenvalue weighted by Crippen LogP contribution is 2.19. The first kappa shape index (κ1) is 16.3. The van der Waals surface area contributed by atoms with Gasteiger partial charge < -0.3 is 15.2 Å². The van der Waals surface area contributed by atoms with E-state index in [1.807, 2.05) is 24.3 Å². The fourth-order valence-corrected chi connectivity index (χ4v) is 2.01. The van der Waals surface area contributed by atoms with E-state index >= 15 is 0 Å². The molecule has 0 radical (unpaired) electrons. The maximum atomic E-state index is 11.6. The van der Waals surface area contributed by atoms with Gasteiger partial charge in [-0.2, -0.15) is 0 Å². The van der Waals surface area contributed by atoms with E-state index in [9.17, 15) is 4.79 Å². The Bertz CT molecular complexity index is 611. The van der Waals surface area contributed by atoms with Gasteiger partial charge in [0.25, 0.3) is 0 Å². The van der Waals surface area contributed by atoms with E-state index in [4.69, 9.17) is 26.8 Å². The Morgan fingerprint density at radius 3 is 2.36 bits per heavy atom. The summed E-state index contributed by atoms with van der Waals surface area (Å²) in [5.41, 5.74) is 7.54. The fraction of sp³-hybridized carbons (Fsp3) is 0.235. The fourth-order valence-electron chi connectivity index (χ4n) is 1.89. The highest BCUT2D eigenvalue weighted by molar-refractivity contribution is 6.30. The first-order valence-electron chi connectivity index (χ1n) is 6.99. The molecule has 116 valence electrons. The maximum absolute atomic E-state index is 11.6. The zero-order valence-electron chi connectivity index (χ0n) is 12.3. The molecule has 0 spiro atoms. The van der Waals surface area contributed by atoms with Crippen LogP contribution in [0.1, 0.15) is 24.1 Å². The van der Waals surface area contributed by atoms with Crippen molar-refractivity contribution in [2.75, 3.05) is 6.61 Å². The molecule has 2 rings (SSSR count). The monoisotopic (exact) mass is 319 g/mol. The number of nitrogens with two attached hydrogens (primary N) is 1. The topological polar surface area (TPSA) is 61.5 Å². The molecule has 0 aliphatic carbocycles. The van der Waals surface area contributed by atoms with Gasteiger partial charge in [-0.05, 0) is 42.3 Å². The lowest BCUT2D eigenvalue weighted by Gasteiger charge is -2.12. The lowest BCUT2D eigenvalue weighted by molar-refractivity contribution is -0.144. The average molecular weight is 320 g/mol. The van der Waals surface area contributed by atoms with Crippen LogP contribution in [-0.2, 0) is 16.1 Å². The standard InChI is InChI=1S/C17H18ClNO3/c1-2-21-17(20)16(19)13-5-9-15(10-6-13)22-11-12-3-7-14(18)8-4-12/h3-10,16H,2,11,19H2,1H3. The first-order chi connectivity index (χ1) is 10.6. The third-order valence-corrected chi connectivity index (χ3v) is 3.35. The van der Waals surface area contributed by atoms with E-state index in [-0.39, 0.29) is 0 Å². The minimum atomic E-state index is -0.773. The Kier molecular flexibility index (Phi) is 5.81. The van der Waals surface area contributed by atoms with Crippen LogP contribution in [0, 0.1) is 0 Å². The Labute approximate surface area is 134 Å². The zero-order chi connectivity index (χ0) is 15.9. The molecule has 0 saturated carbocycles. The molecule has 0 fully saturated rings. The summed E-state index contributed by atoms with van der Waals surface area (Å²) in [5, 5.41) is 0.695. The molecule has 0 saturated heterocycles. The van der Waals surface area contributed by atoms with E-state index in [0.717, 1.165) is 5.56 Å². The van der Waals surface area contributed by atoms with Crippen LogP contribution < -0.4 is 10.5 Å². The highest BCUT2D eigenvalue weighted by Gasteiger charge is 2.16. The van der Waals surface area contributed by atoms with Crippen molar-refractivity contribution in [1.82, 2.24) is 0 Å². The van der Waals surface area contributed by atoms with Crippen molar-refractivity contribution in [2.24, 2.45) is 5.73 Å². The average Bonchev–Trinajstić information content (AvgIpc) is 2.54. The van der Waals surface area contributed by atoms with Crippen LogP contribution in [0.4, 0.5) is 0 Å². The van der Waals surface area contributed by atoms with Crippen LogP contribution in [0.3, 0.4) is 0 Å². The van der Waals surface area contributed by atoms with Gasteiger partial charge in [-0.15, -0.1) is 0 Å². The quantitative estimate of drug-likeness (QED) is 0.828. The molecule has 22 heavy (non-hydrogen) atoms. The van der Waals surface area contributed by atoms with Gasteiger partial charge in [0.05, 0.1) is 6.61 Å². The Morgan fingerprint density at radius 2 is 1.77 bits per heavy atom. The molecule has 0 bridgehead atoms. The maximum Gasteiger partial charge on any atom is 0.327 e. The summed E-state index contributed by atoms with van der Waals surface area (Å²) < 4.78 is 10.6. The van der Waals surface area contributed by atoms with E-state index in [1.165, 1.54) is 0 Å². The summed E-state index contributed by atoms with van der Waals surface area (Å²) in [4.78, 5) is 11.6. The summed E-state index contributed by atoms with van der Waals surface area (Å²) in [7, 11) is 0. The minimum Gasteiger partial charge on any atom is -0.489 e. The Hall–Kier alpha value is -2.04. The van der Waals surface area contributed by atoms with Crippen molar-refractivity contribution in [3.05, 3.63) is 64.7 Å². The van der Waals surface area contributed by atoms with Crippen LogP contribution in [0.5, 0.6) is 5.75 Å². The molecule has 5 heteroatoms. The molecule has 2 aromatic rings. The van der Waals surface area contributed by atoms with Gasteiger partial charge in [0.15, 0.2) is 0 Å². The summed E-state index contributed by atoms with van der Waals surface area (Å²) in [6.07, 6.45) is 0. The van der Waals surface area contributed by atoms with Crippen molar-refractivity contribution in [2.45, 2.75) is 19.6 Å². The third kappa shape index (κ3) is 4.48. The second-order valence-electron chi connectivity index (χ2n) is 4.71. The van der Waals surface area contributed by atoms with Crippen LogP contribution in [0.25, 0.3) is 0 Å². The van der Waals surface area contributed by atoms with Crippen molar-refractivity contribution < 1.29 is 14.3 Å². The number of ether oxygens (including phenoxy) is 2. The molecule has 0 heterocycles. The molecule has 0 aromatic heterocycles. The van der Waals surface area contributed by atoms with Gasteiger partial charge in [-0.1, -0.05) is 35.9 Å². The van der Waals surface area contributed by atoms with Gasteiger partial charge in [0, 0.05) is 5.02 Å². The second-order valence-corrected chi connectivity index (χ2v) is 5.15. The van der Waals surface area contributed by atoms with Gasteiger partial charge in [-0.25, -0.2) is 4.79 Å². The number of esters is 1. The summed E-state index contributed by atoms with van der Waals surface area (Å²) >= 11 is 5.83. The predicted molar refractivity (Wildman–Crippen MR) is 85.8 cm³/mol. The van der Waals surface area contributed by atoms with Crippen molar-refractivity contribution >= 4 is 17.6 Å². The molecular weight excluding hydrogens is 302 g/mol. The second kappa shape index (κ2) is 7.82. The lowest BCUT2D eigenvalue weighted by atomic mass is 10.1.